The minimum absolute atomic E-state index is 0.463. The molecule has 0 atom stereocenters. The van der Waals surface area contributed by atoms with E-state index in [4.69, 9.17) is 27.7 Å². The molecule has 1 aromatic carbocycles. The van der Waals surface area contributed by atoms with Crippen LogP contribution in [0.3, 0.4) is 0 Å². The van der Waals surface area contributed by atoms with Gasteiger partial charge in [-0.05, 0) is 51.0 Å². The maximum absolute atomic E-state index is 6.18. The highest BCUT2D eigenvalue weighted by Gasteiger charge is 2.14. The minimum atomic E-state index is 0.463. The number of benzene rings is 1. The molecule has 0 N–H and O–H groups in total. The summed E-state index contributed by atoms with van der Waals surface area (Å²) in [5.74, 6) is 1.16. The normalized spacial score (nSPS) is 16.1. The third kappa shape index (κ3) is 3.80. The quantitative estimate of drug-likeness (QED) is 0.806. The van der Waals surface area contributed by atoms with Gasteiger partial charge in [0.15, 0.2) is 0 Å². The van der Waals surface area contributed by atoms with Crippen molar-refractivity contribution in [3.63, 3.8) is 0 Å². The Labute approximate surface area is 140 Å². The van der Waals surface area contributed by atoms with E-state index in [-0.39, 0.29) is 0 Å². The van der Waals surface area contributed by atoms with Crippen molar-refractivity contribution in [3.05, 3.63) is 34.1 Å². The fraction of sp³-hybridized carbons (Fsp3) is 0.500. The molecule has 118 valence electrons. The zero-order chi connectivity index (χ0) is 15.4. The molecular formula is C16H19Cl2N3O. The zero-order valence-electron chi connectivity index (χ0n) is 12.4. The number of piperidine rings is 1. The number of likely N-dealkylation sites (tertiary alicyclic amines) is 1. The van der Waals surface area contributed by atoms with Crippen molar-refractivity contribution in [1.82, 2.24) is 15.0 Å². The topological polar surface area (TPSA) is 42.2 Å². The molecule has 0 unspecified atom stereocenters. The van der Waals surface area contributed by atoms with Crippen LogP contribution < -0.4 is 0 Å². The summed E-state index contributed by atoms with van der Waals surface area (Å²) in [6.07, 6.45) is 5.83. The van der Waals surface area contributed by atoms with Gasteiger partial charge in [-0.1, -0.05) is 40.8 Å². The average Bonchev–Trinajstić information content (AvgIpc) is 3.00. The summed E-state index contributed by atoms with van der Waals surface area (Å²) >= 11 is 12.2. The molecule has 1 fully saturated rings. The fourth-order valence-electron chi connectivity index (χ4n) is 2.78. The smallest absolute Gasteiger partial charge is 0.227 e. The molecule has 0 radical (unpaired) electrons. The Balaban J connectivity index is 1.58. The van der Waals surface area contributed by atoms with Crippen molar-refractivity contribution in [2.75, 3.05) is 19.6 Å². The number of nitrogens with zero attached hydrogens (tertiary/aromatic N) is 3. The van der Waals surface area contributed by atoms with Crippen LogP contribution >= 0.6 is 23.2 Å². The van der Waals surface area contributed by atoms with Crippen molar-refractivity contribution >= 4 is 23.2 Å². The summed E-state index contributed by atoms with van der Waals surface area (Å²) in [6.45, 7) is 3.52. The number of aryl methyl sites for hydroxylation is 1. The van der Waals surface area contributed by atoms with E-state index in [1.54, 1.807) is 6.07 Å². The maximum atomic E-state index is 6.18. The Morgan fingerprint density at radius 1 is 1.14 bits per heavy atom. The van der Waals surface area contributed by atoms with Gasteiger partial charge in [-0.25, -0.2) is 0 Å². The Kier molecular flexibility index (Phi) is 5.34. The zero-order valence-corrected chi connectivity index (χ0v) is 13.9. The molecule has 2 heterocycles. The summed E-state index contributed by atoms with van der Waals surface area (Å²) < 4.78 is 5.32. The SMILES string of the molecule is Clc1cccc(-c2noc(CCCN3CCCCC3)n2)c1Cl. The summed E-state index contributed by atoms with van der Waals surface area (Å²) in [5.41, 5.74) is 0.709. The minimum Gasteiger partial charge on any atom is -0.339 e. The van der Waals surface area contributed by atoms with Gasteiger partial charge in [0.25, 0.3) is 0 Å². The number of rotatable bonds is 5. The third-order valence-corrected chi connectivity index (χ3v) is 4.79. The van der Waals surface area contributed by atoms with E-state index >= 15 is 0 Å². The van der Waals surface area contributed by atoms with Crippen molar-refractivity contribution in [2.45, 2.75) is 32.1 Å². The lowest BCUT2D eigenvalue weighted by Crippen LogP contribution is -2.30. The molecule has 6 heteroatoms. The second-order valence-corrected chi connectivity index (χ2v) is 6.40. The highest BCUT2D eigenvalue weighted by molar-refractivity contribution is 6.43. The summed E-state index contributed by atoms with van der Waals surface area (Å²) in [7, 11) is 0. The second kappa shape index (κ2) is 7.44. The molecule has 0 bridgehead atoms. The van der Waals surface area contributed by atoms with Gasteiger partial charge in [-0.15, -0.1) is 0 Å². The van der Waals surface area contributed by atoms with E-state index < -0.39 is 0 Å². The van der Waals surface area contributed by atoms with Gasteiger partial charge < -0.3 is 9.42 Å². The van der Waals surface area contributed by atoms with Crippen molar-refractivity contribution < 1.29 is 4.52 Å². The van der Waals surface area contributed by atoms with Gasteiger partial charge in [0.05, 0.1) is 10.0 Å². The molecule has 0 spiro atoms. The van der Waals surface area contributed by atoms with Gasteiger partial charge in [0.2, 0.25) is 11.7 Å². The number of aromatic nitrogens is 2. The van der Waals surface area contributed by atoms with Gasteiger partial charge >= 0.3 is 0 Å². The van der Waals surface area contributed by atoms with Gasteiger partial charge in [-0.2, -0.15) is 4.98 Å². The first-order valence-electron chi connectivity index (χ1n) is 7.73. The Hall–Kier alpha value is -1.10. The van der Waals surface area contributed by atoms with Crippen LogP contribution in [0, 0.1) is 0 Å². The maximum Gasteiger partial charge on any atom is 0.227 e. The van der Waals surface area contributed by atoms with Crippen molar-refractivity contribution in [1.29, 1.82) is 0 Å². The molecule has 2 aromatic rings. The van der Waals surface area contributed by atoms with Crippen LogP contribution in [0.4, 0.5) is 0 Å². The summed E-state index contributed by atoms with van der Waals surface area (Å²) in [5, 5.41) is 4.97. The first-order chi connectivity index (χ1) is 10.7. The first-order valence-corrected chi connectivity index (χ1v) is 8.49. The lowest BCUT2D eigenvalue weighted by atomic mass is 10.1. The van der Waals surface area contributed by atoms with E-state index in [9.17, 15) is 0 Å². The predicted octanol–water partition coefficient (Wildman–Crippen LogP) is 4.46. The monoisotopic (exact) mass is 339 g/mol. The van der Waals surface area contributed by atoms with Gasteiger partial charge in [-0.3, -0.25) is 0 Å². The Morgan fingerprint density at radius 2 is 1.95 bits per heavy atom. The average molecular weight is 340 g/mol. The fourth-order valence-corrected chi connectivity index (χ4v) is 3.16. The van der Waals surface area contributed by atoms with Crippen LogP contribution in [-0.2, 0) is 6.42 Å². The van der Waals surface area contributed by atoms with E-state index in [1.165, 1.54) is 32.4 Å². The number of hydrogen-bond acceptors (Lipinski definition) is 4. The molecule has 0 saturated carbocycles. The third-order valence-electron chi connectivity index (χ3n) is 3.97. The van der Waals surface area contributed by atoms with E-state index in [1.807, 2.05) is 12.1 Å². The van der Waals surface area contributed by atoms with Crippen molar-refractivity contribution in [2.24, 2.45) is 0 Å². The van der Waals surface area contributed by atoms with Crippen LogP contribution in [0.15, 0.2) is 22.7 Å². The van der Waals surface area contributed by atoms with Gasteiger partial charge in [0.1, 0.15) is 0 Å². The van der Waals surface area contributed by atoms with E-state index in [0.29, 0.717) is 27.3 Å². The number of halogens is 2. The molecule has 3 rings (SSSR count). The van der Waals surface area contributed by atoms with Crippen LogP contribution in [0.5, 0.6) is 0 Å². The lowest BCUT2D eigenvalue weighted by Gasteiger charge is -2.25. The van der Waals surface area contributed by atoms with E-state index in [2.05, 4.69) is 15.0 Å². The standard InChI is InChI=1S/C16H19Cl2N3O/c17-13-7-4-6-12(15(13)18)16-19-14(22-20-16)8-5-11-21-9-2-1-3-10-21/h4,6-7H,1-3,5,8-11H2. The Bertz CT molecular complexity index is 624. The Morgan fingerprint density at radius 3 is 2.77 bits per heavy atom. The lowest BCUT2D eigenvalue weighted by molar-refractivity contribution is 0.223. The molecule has 22 heavy (non-hydrogen) atoms. The van der Waals surface area contributed by atoms with Crippen molar-refractivity contribution in [3.8, 4) is 11.4 Å². The highest BCUT2D eigenvalue weighted by atomic mass is 35.5. The highest BCUT2D eigenvalue weighted by Crippen LogP contribution is 2.31. The largest absolute Gasteiger partial charge is 0.339 e. The molecule has 1 saturated heterocycles. The molecular weight excluding hydrogens is 321 g/mol. The first kappa shape index (κ1) is 15.8. The molecule has 0 amide bonds. The molecule has 1 aromatic heterocycles. The molecule has 0 aliphatic carbocycles. The summed E-state index contributed by atoms with van der Waals surface area (Å²) in [4.78, 5) is 6.93. The second-order valence-electron chi connectivity index (χ2n) is 5.62. The molecule has 1 aliphatic heterocycles. The molecule has 1 aliphatic rings. The molecule has 4 nitrogen and oxygen atoms in total. The predicted molar refractivity (Wildman–Crippen MR) is 88.4 cm³/mol. The number of hydrogen-bond donors (Lipinski definition) is 0. The van der Waals surface area contributed by atoms with Crippen LogP contribution in [0.2, 0.25) is 10.0 Å². The van der Waals surface area contributed by atoms with Crippen LogP contribution in [-0.4, -0.2) is 34.7 Å². The van der Waals surface area contributed by atoms with E-state index in [0.717, 1.165) is 19.4 Å². The van der Waals surface area contributed by atoms with Gasteiger partial charge in [0, 0.05) is 12.0 Å². The van der Waals surface area contributed by atoms with Crippen LogP contribution in [0.25, 0.3) is 11.4 Å². The van der Waals surface area contributed by atoms with Crippen LogP contribution in [0.1, 0.15) is 31.6 Å². The summed E-state index contributed by atoms with van der Waals surface area (Å²) in [6, 6.07) is 5.42.